The summed E-state index contributed by atoms with van der Waals surface area (Å²) in [6.07, 6.45) is 0.858. The molecule has 0 bridgehead atoms. The number of amides is 2. The van der Waals surface area contributed by atoms with Crippen molar-refractivity contribution < 1.29 is 9.59 Å². The lowest BCUT2D eigenvalue weighted by atomic mass is 10.0. The molecule has 0 aliphatic carbocycles. The lowest BCUT2D eigenvalue weighted by molar-refractivity contribution is -0.116. The van der Waals surface area contributed by atoms with Gasteiger partial charge in [-0.05, 0) is 43.5 Å². The molecule has 0 saturated carbocycles. The van der Waals surface area contributed by atoms with Crippen LogP contribution in [0.4, 0.5) is 5.69 Å². The van der Waals surface area contributed by atoms with Crippen LogP contribution < -0.4 is 10.2 Å². The topological polar surface area (TPSA) is 49.4 Å². The van der Waals surface area contributed by atoms with Crippen LogP contribution in [0.25, 0.3) is 0 Å². The summed E-state index contributed by atoms with van der Waals surface area (Å²) in [6.45, 7) is 8.49. The molecule has 0 aromatic heterocycles. The first kappa shape index (κ1) is 18.7. The third-order valence-electron chi connectivity index (χ3n) is 4.29. The molecule has 0 aliphatic heterocycles. The average Bonchev–Trinajstić information content (AvgIpc) is 2.59. The van der Waals surface area contributed by atoms with E-state index in [1.807, 2.05) is 56.3 Å². The van der Waals surface area contributed by atoms with Crippen LogP contribution in [0.5, 0.6) is 0 Å². The second-order valence-corrected chi connectivity index (χ2v) is 6.23. The van der Waals surface area contributed by atoms with Gasteiger partial charge in [0.2, 0.25) is 5.91 Å². The van der Waals surface area contributed by atoms with Gasteiger partial charge in [-0.2, -0.15) is 0 Å². The number of carbonyl (C=O) groups is 2. The molecule has 0 fully saturated rings. The van der Waals surface area contributed by atoms with E-state index in [9.17, 15) is 9.59 Å². The number of hydrogen-bond acceptors (Lipinski definition) is 2. The van der Waals surface area contributed by atoms with E-state index >= 15 is 0 Å². The van der Waals surface area contributed by atoms with Crippen LogP contribution in [0.1, 0.15) is 40.9 Å². The molecule has 0 radical (unpaired) electrons. The first-order valence-corrected chi connectivity index (χ1v) is 8.65. The maximum absolute atomic E-state index is 12.2. The Balaban J connectivity index is 2.07. The third kappa shape index (κ3) is 4.69. The minimum atomic E-state index is -0.121. The molecule has 2 rings (SSSR count). The molecule has 1 N–H and O–H groups in total. The zero-order chi connectivity index (χ0) is 18.4. The Bertz CT molecular complexity index is 751. The molecular weight excluding hydrogens is 312 g/mol. The van der Waals surface area contributed by atoms with E-state index < -0.39 is 0 Å². The molecule has 0 unspecified atom stereocenters. The van der Waals surface area contributed by atoms with Gasteiger partial charge >= 0.3 is 0 Å². The molecule has 4 nitrogen and oxygen atoms in total. The van der Waals surface area contributed by atoms with Crippen LogP contribution in [0.3, 0.4) is 0 Å². The molecule has 132 valence electrons. The van der Waals surface area contributed by atoms with Crippen molar-refractivity contribution in [1.29, 1.82) is 0 Å². The summed E-state index contributed by atoms with van der Waals surface area (Å²) in [4.78, 5) is 26.1. The number of benzene rings is 2. The Labute approximate surface area is 149 Å². The van der Waals surface area contributed by atoms with E-state index in [0.29, 0.717) is 18.7 Å². The van der Waals surface area contributed by atoms with Crippen molar-refractivity contribution >= 4 is 17.5 Å². The molecule has 25 heavy (non-hydrogen) atoms. The van der Waals surface area contributed by atoms with Crippen LogP contribution >= 0.6 is 0 Å². The molecule has 2 aromatic rings. The van der Waals surface area contributed by atoms with Gasteiger partial charge in [0, 0.05) is 31.3 Å². The molecule has 0 aliphatic rings. The summed E-state index contributed by atoms with van der Waals surface area (Å²) in [7, 11) is 0. The van der Waals surface area contributed by atoms with Crippen molar-refractivity contribution in [3.05, 3.63) is 64.7 Å². The molecule has 2 aromatic carbocycles. The van der Waals surface area contributed by atoms with E-state index in [4.69, 9.17) is 0 Å². The van der Waals surface area contributed by atoms with Crippen LogP contribution in [-0.2, 0) is 11.2 Å². The van der Waals surface area contributed by atoms with E-state index in [-0.39, 0.29) is 11.8 Å². The van der Waals surface area contributed by atoms with Crippen LogP contribution in [-0.4, -0.2) is 24.9 Å². The molecule has 0 atom stereocenters. The maximum atomic E-state index is 12.2. The first-order valence-electron chi connectivity index (χ1n) is 8.65. The Morgan fingerprint density at radius 1 is 1.04 bits per heavy atom. The van der Waals surface area contributed by atoms with E-state index in [1.165, 1.54) is 0 Å². The minimum Gasteiger partial charge on any atom is -0.350 e. The van der Waals surface area contributed by atoms with Crippen LogP contribution in [0, 0.1) is 13.8 Å². The van der Waals surface area contributed by atoms with Gasteiger partial charge in [0.15, 0.2) is 0 Å². The van der Waals surface area contributed by atoms with Gasteiger partial charge in [0.05, 0.1) is 0 Å². The summed E-state index contributed by atoms with van der Waals surface area (Å²) in [5, 5.41) is 2.90. The van der Waals surface area contributed by atoms with Crippen molar-refractivity contribution in [1.82, 2.24) is 5.32 Å². The fourth-order valence-corrected chi connectivity index (χ4v) is 2.91. The van der Waals surface area contributed by atoms with Crippen molar-refractivity contribution in [3.8, 4) is 0 Å². The molecular formula is C21H26N2O2. The van der Waals surface area contributed by atoms with Gasteiger partial charge in [0.25, 0.3) is 5.91 Å². The summed E-state index contributed by atoms with van der Waals surface area (Å²) in [5.41, 5.74) is 4.91. The lowest BCUT2D eigenvalue weighted by Crippen LogP contribution is -2.38. The minimum absolute atomic E-state index is 0.0198. The zero-order valence-corrected chi connectivity index (χ0v) is 15.4. The van der Waals surface area contributed by atoms with Crippen molar-refractivity contribution in [2.24, 2.45) is 0 Å². The van der Waals surface area contributed by atoms with Gasteiger partial charge in [-0.25, -0.2) is 0 Å². The van der Waals surface area contributed by atoms with Gasteiger partial charge < -0.3 is 10.2 Å². The normalized spacial score (nSPS) is 10.4. The smallest absolute Gasteiger partial charge is 0.251 e. The standard InChI is InChI=1S/C21H26N2O2/c1-5-18-8-6-7-16(3)20(18)23(17(4)24)14-13-22-21(25)19-11-9-15(2)10-12-19/h6-12H,5,13-14H2,1-4H3,(H,22,25). The number of hydrogen-bond donors (Lipinski definition) is 1. The highest BCUT2D eigenvalue weighted by atomic mass is 16.2. The summed E-state index contributed by atoms with van der Waals surface area (Å²) < 4.78 is 0. The van der Waals surface area contributed by atoms with Crippen molar-refractivity contribution in [2.75, 3.05) is 18.0 Å². The Morgan fingerprint density at radius 2 is 1.72 bits per heavy atom. The summed E-state index contributed by atoms with van der Waals surface area (Å²) in [6, 6.07) is 13.5. The molecule has 4 heteroatoms. The number of rotatable bonds is 6. The number of carbonyl (C=O) groups excluding carboxylic acids is 2. The predicted octanol–water partition coefficient (Wildman–Crippen LogP) is 3.65. The second-order valence-electron chi connectivity index (χ2n) is 6.23. The quantitative estimate of drug-likeness (QED) is 0.874. The molecule has 0 heterocycles. The van der Waals surface area contributed by atoms with E-state index in [1.54, 1.807) is 11.8 Å². The Kier molecular flexibility index (Phi) is 6.34. The number of anilines is 1. The fraction of sp³-hybridized carbons (Fsp3) is 0.333. The summed E-state index contributed by atoms with van der Waals surface area (Å²) >= 11 is 0. The van der Waals surface area contributed by atoms with Gasteiger partial charge in [-0.1, -0.05) is 42.8 Å². The molecule has 2 amide bonds. The number of nitrogens with zero attached hydrogens (tertiary/aromatic N) is 1. The Morgan fingerprint density at radius 3 is 2.32 bits per heavy atom. The monoisotopic (exact) mass is 338 g/mol. The number of para-hydroxylation sites is 1. The number of nitrogens with one attached hydrogen (secondary N) is 1. The molecule has 0 spiro atoms. The maximum Gasteiger partial charge on any atom is 0.251 e. The van der Waals surface area contributed by atoms with E-state index in [0.717, 1.165) is 28.8 Å². The van der Waals surface area contributed by atoms with E-state index in [2.05, 4.69) is 12.2 Å². The van der Waals surface area contributed by atoms with Crippen LogP contribution in [0.2, 0.25) is 0 Å². The SMILES string of the molecule is CCc1cccc(C)c1N(CCNC(=O)c1ccc(C)cc1)C(C)=O. The highest BCUT2D eigenvalue weighted by Gasteiger charge is 2.17. The first-order chi connectivity index (χ1) is 11.9. The fourth-order valence-electron chi connectivity index (χ4n) is 2.91. The average molecular weight is 338 g/mol. The molecule has 0 saturated heterocycles. The largest absolute Gasteiger partial charge is 0.350 e. The van der Waals surface area contributed by atoms with Crippen LogP contribution in [0.15, 0.2) is 42.5 Å². The summed E-state index contributed by atoms with van der Waals surface area (Å²) in [5.74, 6) is -0.141. The third-order valence-corrected chi connectivity index (χ3v) is 4.29. The van der Waals surface area contributed by atoms with Crippen molar-refractivity contribution in [3.63, 3.8) is 0 Å². The van der Waals surface area contributed by atoms with Gasteiger partial charge in [-0.3, -0.25) is 9.59 Å². The van der Waals surface area contributed by atoms with Crippen molar-refractivity contribution in [2.45, 2.75) is 34.1 Å². The lowest BCUT2D eigenvalue weighted by Gasteiger charge is -2.26. The van der Waals surface area contributed by atoms with Gasteiger partial charge in [0.1, 0.15) is 0 Å². The highest BCUT2D eigenvalue weighted by molar-refractivity contribution is 5.95. The zero-order valence-electron chi connectivity index (χ0n) is 15.4. The highest BCUT2D eigenvalue weighted by Crippen LogP contribution is 2.25. The predicted molar refractivity (Wildman–Crippen MR) is 102 cm³/mol. The number of aryl methyl sites for hydroxylation is 3. The van der Waals surface area contributed by atoms with Gasteiger partial charge in [-0.15, -0.1) is 0 Å². The Hall–Kier alpha value is -2.62. The second kappa shape index (κ2) is 8.47.